The third-order valence-electron chi connectivity index (χ3n) is 19.9. The number of likely N-dealkylation sites (tertiary alicyclic amines) is 2. The number of likely N-dealkylation sites (N-methyl/N-ethyl adjacent to an activating group) is 6. The van der Waals surface area contributed by atoms with Crippen molar-refractivity contribution in [2.45, 2.75) is 232 Å². The fourth-order valence-electron chi connectivity index (χ4n) is 13.8. The Bertz CT molecular complexity index is 3320. The zero-order valence-corrected chi connectivity index (χ0v) is 65.7. The summed E-state index contributed by atoms with van der Waals surface area (Å²) in [6.45, 7) is 19.2. The van der Waals surface area contributed by atoms with Gasteiger partial charge in [-0.25, -0.2) is 8.78 Å². The highest BCUT2D eigenvalue weighted by atomic mass is 19.3. The van der Waals surface area contributed by atoms with E-state index in [-0.39, 0.29) is 69.9 Å². The molecule has 0 bridgehead atoms. The lowest BCUT2D eigenvalue weighted by Gasteiger charge is -2.38. The molecule has 0 saturated carbocycles. The summed E-state index contributed by atoms with van der Waals surface area (Å²) in [6.07, 6.45) is -0.830. The number of amides is 12. The number of alkyl halides is 2. The van der Waals surface area contributed by atoms with Crippen LogP contribution in [0.3, 0.4) is 0 Å². The number of nitrogens with one attached hydrogen (secondary N) is 5. The van der Waals surface area contributed by atoms with E-state index in [1.165, 1.54) is 63.9 Å². The second kappa shape index (κ2) is 40.1. The van der Waals surface area contributed by atoms with Crippen molar-refractivity contribution in [3.05, 3.63) is 71.8 Å². The van der Waals surface area contributed by atoms with E-state index in [1.54, 1.807) is 128 Å². The Balaban J connectivity index is 1.72. The third kappa shape index (κ3) is 25.8. The molecule has 2 aromatic carbocycles. The molecule has 3 aliphatic rings. The molecule has 1 unspecified atom stereocenters. The molecule has 0 radical (unpaired) electrons. The number of aliphatic hydroxyl groups excluding tert-OH is 1. The van der Waals surface area contributed by atoms with Crippen LogP contribution in [0.4, 0.5) is 8.78 Å². The highest BCUT2D eigenvalue weighted by Gasteiger charge is 2.45. The number of nitrogens with zero attached hydrogens (tertiary/aromatic N) is 8. The van der Waals surface area contributed by atoms with E-state index < -0.39 is 187 Å². The van der Waals surface area contributed by atoms with Crippen molar-refractivity contribution in [2.24, 2.45) is 23.7 Å². The molecule has 5 rings (SSSR count). The van der Waals surface area contributed by atoms with Gasteiger partial charge in [-0.2, -0.15) is 0 Å². The molecule has 11 atom stereocenters. The van der Waals surface area contributed by atoms with Gasteiger partial charge in [0.05, 0.1) is 37.8 Å². The quantitative estimate of drug-likeness (QED) is 0.132. The largest absolute Gasteiger partial charge is 0.391 e. The summed E-state index contributed by atoms with van der Waals surface area (Å²) >= 11 is 0. The summed E-state index contributed by atoms with van der Waals surface area (Å²) in [5.74, 6) is -14.6. The summed E-state index contributed by atoms with van der Waals surface area (Å²) in [4.78, 5) is 191. The average Bonchev–Trinajstić information content (AvgIpc) is 0.813. The molecular formula is C77H121F2N13O14. The summed E-state index contributed by atoms with van der Waals surface area (Å²) in [6, 6.07) is 2.92. The summed E-state index contributed by atoms with van der Waals surface area (Å²) in [7, 11) is 7.99. The summed E-state index contributed by atoms with van der Waals surface area (Å²) in [5.41, 5.74) is 0.270. The fourth-order valence-corrected chi connectivity index (χ4v) is 13.8. The third-order valence-corrected chi connectivity index (χ3v) is 19.9. The predicted octanol–water partition coefficient (Wildman–Crippen LogP) is 3.63. The number of carbonyl (C=O) groups is 12. The minimum atomic E-state index is -3.06. The molecule has 3 aliphatic heterocycles. The first-order valence-electron chi connectivity index (χ1n) is 37.4. The first-order chi connectivity index (χ1) is 49.5. The number of hydrogen-bond acceptors (Lipinski definition) is 15. The Hall–Kier alpha value is -8.18. The summed E-state index contributed by atoms with van der Waals surface area (Å²) in [5, 5.41) is 25.2. The predicted molar refractivity (Wildman–Crippen MR) is 397 cm³/mol. The van der Waals surface area contributed by atoms with Crippen molar-refractivity contribution in [1.29, 1.82) is 0 Å². The van der Waals surface area contributed by atoms with Crippen molar-refractivity contribution in [3.63, 3.8) is 0 Å². The van der Waals surface area contributed by atoms with E-state index in [1.807, 2.05) is 13.8 Å². The van der Waals surface area contributed by atoms with Crippen molar-refractivity contribution in [2.75, 3.05) is 88.2 Å². The van der Waals surface area contributed by atoms with Crippen LogP contribution < -0.4 is 26.6 Å². The minimum Gasteiger partial charge on any atom is -0.391 e. The molecule has 0 aliphatic carbocycles. The maximum Gasteiger partial charge on any atom is 0.260 e. The number of benzene rings is 2. The van der Waals surface area contributed by atoms with Gasteiger partial charge in [-0.1, -0.05) is 116 Å². The zero-order chi connectivity index (χ0) is 79.4. The second-order valence-electron chi connectivity index (χ2n) is 31.6. The van der Waals surface area contributed by atoms with Crippen LogP contribution in [0.5, 0.6) is 0 Å². The van der Waals surface area contributed by atoms with Crippen LogP contribution in [0.25, 0.3) is 0 Å². The molecule has 3 saturated heterocycles. The van der Waals surface area contributed by atoms with Crippen molar-refractivity contribution >= 4 is 70.9 Å². The van der Waals surface area contributed by atoms with Gasteiger partial charge in [0.15, 0.2) is 0 Å². The number of rotatable bonds is 17. The van der Waals surface area contributed by atoms with Gasteiger partial charge in [-0.05, 0) is 114 Å². The van der Waals surface area contributed by atoms with E-state index in [0.29, 0.717) is 37.1 Å². The number of ether oxygens (including phenoxy) is 1. The number of halogens is 2. The number of aliphatic hydroxyl groups is 1. The molecule has 3 heterocycles. The Morgan fingerprint density at radius 2 is 1.07 bits per heavy atom. The van der Waals surface area contributed by atoms with Crippen LogP contribution >= 0.6 is 0 Å². The van der Waals surface area contributed by atoms with Gasteiger partial charge in [-0.3, -0.25) is 62.4 Å². The topological polar surface area (TPSA) is 320 Å². The lowest BCUT2D eigenvalue weighted by Crippen LogP contribution is -2.62. The van der Waals surface area contributed by atoms with E-state index in [0.717, 1.165) is 26.0 Å². The lowest BCUT2D eigenvalue weighted by molar-refractivity contribution is -0.152. The molecule has 6 N–H and O–H groups in total. The first kappa shape index (κ1) is 88.4. The molecule has 592 valence electrons. The van der Waals surface area contributed by atoms with Gasteiger partial charge in [0.25, 0.3) is 5.92 Å². The normalized spacial score (nSPS) is 25.9. The van der Waals surface area contributed by atoms with Crippen LogP contribution in [0.2, 0.25) is 0 Å². The molecule has 27 nitrogen and oxygen atoms in total. The average molecular weight is 1490 g/mol. The zero-order valence-electron chi connectivity index (χ0n) is 65.7. The molecule has 2 aromatic rings. The molecule has 29 heteroatoms. The summed E-state index contributed by atoms with van der Waals surface area (Å²) < 4.78 is 36.2. The molecule has 12 amide bonds. The SMILES string of the molecule is CC(C)C[C@@H]1NC(=O)[C@H](Cc2ccccc2)N(C)C(=O)C(C(C)C)NC(=O)C[C@@H](C(=O)N2CCCCC2)NC(=O)[C@H](C(C)C)N(C)C(=O)[C@H](Cc2ccccc2)N(C)C(=O)[C@H](COC(C)(C)C)NC(=O)[C@H](CCN2CCCC(F)(F)C2)N(C)C(=O)CN(C)C(=O)[C@H]([C@@H](C)O)NC(=O)[C@H](CC(C)C)N(C)C1=O. The van der Waals surface area contributed by atoms with Gasteiger partial charge in [0, 0.05) is 81.2 Å². The van der Waals surface area contributed by atoms with E-state index in [2.05, 4.69) is 26.6 Å². The van der Waals surface area contributed by atoms with Gasteiger partial charge >= 0.3 is 0 Å². The van der Waals surface area contributed by atoms with Crippen LogP contribution in [-0.4, -0.2) is 281 Å². The Kier molecular flexibility index (Phi) is 33.5. The van der Waals surface area contributed by atoms with Gasteiger partial charge in [-0.15, -0.1) is 0 Å². The van der Waals surface area contributed by atoms with E-state index in [4.69, 9.17) is 4.74 Å². The maximum absolute atomic E-state index is 15.6. The molecule has 106 heavy (non-hydrogen) atoms. The maximum atomic E-state index is 15.6. The Morgan fingerprint density at radius 1 is 0.547 bits per heavy atom. The van der Waals surface area contributed by atoms with Crippen molar-refractivity contribution in [1.82, 2.24) is 65.8 Å². The monoisotopic (exact) mass is 1490 g/mol. The molecular weight excluding hydrogens is 1370 g/mol. The second-order valence-corrected chi connectivity index (χ2v) is 31.6. The minimum absolute atomic E-state index is 0.0117. The fraction of sp³-hybridized carbons (Fsp3) is 0.688. The molecule has 0 aromatic heterocycles. The van der Waals surface area contributed by atoms with E-state index in [9.17, 15) is 37.9 Å². The van der Waals surface area contributed by atoms with Gasteiger partial charge < -0.3 is 70.7 Å². The Labute approximate surface area is 625 Å². The molecule has 0 spiro atoms. The number of hydrogen-bond donors (Lipinski definition) is 6. The number of piperidine rings is 2. The van der Waals surface area contributed by atoms with Crippen molar-refractivity contribution in [3.8, 4) is 0 Å². The molecule has 3 fully saturated rings. The van der Waals surface area contributed by atoms with Crippen molar-refractivity contribution < 1.29 is 76.2 Å². The smallest absolute Gasteiger partial charge is 0.260 e. The van der Waals surface area contributed by atoms with Gasteiger partial charge in [0.2, 0.25) is 70.9 Å². The first-order valence-corrected chi connectivity index (χ1v) is 37.4. The van der Waals surface area contributed by atoms with Crippen LogP contribution in [-0.2, 0) is 75.1 Å². The standard InChI is InChI=1S/C77H121F2N13O14/c1-47(2)39-54-70(100)87(15)58(40-48(3)4)68(98)84-64(51(9)93)74(104)85(13)44-62(95)86(14)57(33-38-91-35-28-34-77(78,79)46-91)66(96)82-56(45-106-76(10,11)12)71(101)89(17)60(42-53-31-24-20-25-32-53)73(103)90(18)65(50(7)8)69(99)81-55(72(102)92-36-26-21-27-37-92)43-61(94)83-63(49(5)6)75(105)88(16)59(67(97)80-54)41-52-29-22-19-23-30-52/h19-20,22-25,29-32,47-51,54-60,63-65,93H,21,26-28,33-46H2,1-18H3,(H,80,97)(H,81,99)(H,82,96)(H,83,94)(H,84,98)/t51-,54+,55+,56+,57+,58+,59+,60+,63?,64+,65+/m1/s1. The van der Waals surface area contributed by atoms with Gasteiger partial charge in [0.1, 0.15) is 60.4 Å². The van der Waals surface area contributed by atoms with Crippen LogP contribution in [0, 0.1) is 23.7 Å². The van der Waals surface area contributed by atoms with E-state index >= 15 is 33.6 Å². The van der Waals surface area contributed by atoms with Crippen LogP contribution in [0.15, 0.2) is 60.7 Å². The Morgan fingerprint density at radius 3 is 1.59 bits per heavy atom. The lowest BCUT2D eigenvalue weighted by atomic mass is 9.96. The highest BCUT2D eigenvalue weighted by Crippen LogP contribution is 2.28. The highest BCUT2D eigenvalue weighted by molar-refractivity contribution is 6.00. The van der Waals surface area contributed by atoms with Crippen LogP contribution in [0.1, 0.15) is 152 Å². The number of carbonyl (C=O) groups excluding carboxylic acids is 12.